The second kappa shape index (κ2) is 8.85. The summed E-state index contributed by atoms with van der Waals surface area (Å²) in [6, 6.07) is 18.6. The van der Waals surface area contributed by atoms with Gasteiger partial charge in [-0.3, -0.25) is 9.10 Å². The first-order valence-corrected chi connectivity index (χ1v) is 13.3. The summed E-state index contributed by atoms with van der Waals surface area (Å²) in [7, 11) is -2.06. The highest BCUT2D eigenvalue weighted by Gasteiger charge is 2.34. The number of nitrogens with one attached hydrogen (secondary N) is 1. The Labute approximate surface area is 203 Å². The lowest BCUT2D eigenvalue weighted by Gasteiger charge is -2.38. The summed E-state index contributed by atoms with van der Waals surface area (Å²) in [6.07, 6.45) is 3.74. The van der Waals surface area contributed by atoms with Gasteiger partial charge in [0.25, 0.3) is 5.91 Å². The maximum absolute atomic E-state index is 13.6. The topological polar surface area (TPSA) is 79.6 Å². The maximum Gasteiger partial charge on any atom is 0.255 e. The molecule has 35 heavy (non-hydrogen) atoms. The number of anilines is 1. The van der Waals surface area contributed by atoms with Gasteiger partial charge < -0.3 is 9.73 Å². The maximum atomic E-state index is 13.6. The van der Waals surface area contributed by atoms with Gasteiger partial charge in [-0.05, 0) is 55.2 Å². The van der Waals surface area contributed by atoms with Crippen molar-refractivity contribution in [3.8, 4) is 22.5 Å². The fourth-order valence-corrected chi connectivity index (χ4v) is 5.85. The zero-order valence-corrected chi connectivity index (χ0v) is 20.2. The summed E-state index contributed by atoms with van der Waals surface area (Å²) in [6.45, 7) is 0. The van der Waals surface area contributed by atoms with E-state index in [1.165, 1.54) is 29.7 Å². The fraction of sp³-hybridized carbons (Fsp3) is 0.222. The molecule has 1 aliphatic rings. The molecule has 0 atom stereocenters. The molecule has 3 aromatic carbocycles. The number of halogens is 1. The normalized spacial score (nSPS) is 14.0. The van der Waals surface area contributed by atoms with E-state index < -0.39 is 15.8 Å². The van der Waals surface area contributed by atoms with Gasteiger partial charge in [-0.1, -0.05) is 30.3 Å². The number of carbonyl (C=O) groups excluding carboxylic acids is 1. The van der Waals surface area contributed by atoms with E-state index in [0.717, 1.165) is 24.8 Å². The van der Waals surface area contributed by atoms with Crippen LogP contribution < -0.4 is 9.62 Å². The molecule has 0 radical (unpaired) electrons. The van der Waals surface area contributed by atoms with E-state index in [1.54, 1.807) is 18.2 Å². The average Bonchev–Trinajstić information content (AvgIpc) is 3.18. The minimum Gasteiger partial charge on any atom is -0.455 e. The highest BCUT2D eigenvalue weighted by molar-refractivity contribution is 7.92. The minimum absolute atomic E-state index is 0.130. The number of nitrogens with zero attached hydrogens (tertiary/aromatic N) is 1. The van der Waals surface area contributed by atoms with Crippen molar-refractivity contribution in [3.05, 3.63) is 78.1 Å². The van der Waals surface area contributed by atoms with Crippen LogP contribution in [0.2, 0.25) is 0 Å². The molecule has 1 N–H and O–H groups in total. The van der Waals surface area contributed by atoms with Gasteiger partial charge in [0, 0.05) is 35.7 Å². The third-order valence-electron chi connectivity index (χ3n) is 6.45. The lowest BCUT2D eigenvalue weighted by molar-refractivity contribution is 0.0964. The lowest BCUT2D eigenvalue weighted by atomic mass is 9.91. The first kappa shape index (κ1) is 23.1. The second-order valence-corrected chi connectivity index (χ2v) is 10.6. The van der Waals surface area contributed by atoms with Crippen LogP contribution in [-0.4, -0.2) is 33.7 Å². The van der Waals surface area contributed by atoms with Crippen LogP contribution in [0.25, 0.3) is 33.4 Å². The van der Waals surface area contributed by atoms with Crippen LogP contribution in [0.5, 0.6) is 0 Å². The third kappa shape index (κ3) is 4.18. The Bertz CT molecular complexity index is 1510. The SMILES string of the molecule is CNC(=O)c1c(-c2ccc(F)cc2)oc2cc(N(C3CCC3)S(C)(=O)=O)c(-c3ccccc3)cc12. The van der Waals surface area contributed by atoms with Crippen molar-refractivity contribution < 1.29 is 22.0 Å². The van der Waals surface area contributed by atoms with Gasteiger partial charge in [-0.15, -0.1) is 0 Å². The molecule has 1 heterocycles. The molecule has 8 heteroatoms. The van der Waals surface area contributed by atoms with Crippen LogP contribution in [0.1, 0.15) is 29.6 Å². The van der Waals surface area contributed by atoms with Gasteiger partial charge in [0.2, 0.25) is 10.0 Å². The van der Waals surface area contributed by atoms with Gasteiger partial charge in [0.05, 0.1) is 17.5 Å². The number of fused-ring (bicyclic) bond motifs is 1. The van der Waals surface area contributed by atoms with Crippen molar-refractivity contribution in [2.75, 3.05) is 17.6 Å². The first-order valence-electron chi connectivity index (χ1n) is 11.4. The van der Waals surface area contributed by atoms with E-state index >= 15 is 0 Å². The second-order valence-electron chi connectivity index (χ2n) is 8.77. The Morgan fingerprint density at radius 3 is 2.29 bits per heavy atom. The molecule has 0 saturated heterocycles. The van der Waals surface area contributed by atoms with Crippen molar-refractivity contribution in [2.45, 2.75) is 25.3 Å². The first-order chi connectivity index (χ1) is 16.8. The highest BCUT2D eigenvalue weighted by atomic mass is 32.2. The predicted molar refractivity (Wildman–Crippen MR) is 135 cm³/mol. The number of amides is 1. The summed E-state index contributed by atoms with van der Waals surface area (Å²) in [5.74, 6) is -0.455. The Hall–Kier alpha value is -3.65. The number of carbonyl (C=O) groups is 1. The highest BCUT2D eigenvalue weighted by Crippen LogP contribution is 2.43. The van der Waals surface area contributed by atoms with Gasteiger partial charge >= 0.3 is 0 Å². The Kier molecular flexibility index (Phi) is 5.84. The van der Waals surface area contributed by atoms with Crippen LogP contribution >= 0.6 is 0 Å². The minimum atomic E-state index is -3.59. The summed E-state index contributed by atoms with van der Waals surface area (Å²) in [5, 5.41) is 3.21. The van der Waals surface area contributed by atoms with Gasteiger partial charge in [-0.2, -0.15) is 0 Å². The number of hydrogen-bond donors (Lipinski definition) is 1. The molecule has 180 valence electrons. The average molecular weight is 493 g/mol. The molecule has 6 nitrogen and oxygen atoms in total. The Balaban J connectivity index is 1.83. The van der Waals surface area contributed by atoms with E-state index in [9.17, 15) is 17.6 Å². The van der Waals surface area contributed by atoms with Crippen molar-refractivity contribution in [1.82, 2.24) is 5.32 Å². The van der Waals surface area contributed by atoms with E-state index in [-0.39, 0.29) is 11.9 Å². The molecular formula is C27H25FN2O4S. The summed E-state index contributed by atoms with van der Waals surface area (Å²) < 4.78 is 47.1. The van der Waals surface area contributed by atoms with E-state index in [4.69, 9.17) is 4.42 Å². The van der Waals surface area contributed by atoms with E-state index in [2.05, 4.69) is 5.32 Å². The predicted octanol–water partition coefficient (Wildman–Crippen LogP) is 5.58. The van der Waals surface area contributed by atoms with Crippen LogP contribution in [-0.2, 0) is 10.0 Å². The molecule has 0 unspecified atom stereocenters. The van der Waals surface area contributed by atoms with Gasteiger partial charge in [0.15, 0.2) is 0 Å². The van der Waals surface area contributed by atoms with E-state index in [0.29, 0.717) is 39.1 Å². The Morgan fingerprint density at radius 2 is 1.71 bits per heavy atom. The molecule has 0 aliphatic heterocycles. The molecule has 1 amide bonds. The number of benzene rings is 3. The zero-order chi connectivity index (χ0) is 24.7. The monoisotopic (exact) mass is 492 g/mol. The van der Waals surface area contributed by atoms with Crippen molar-refractivity contribution >= 4 is 32.6 Å². The molecule has 1 fully saturated rings. The third-order valence-corrected chi connectivity index (χ3v) is 7.66. The molecule has 5 rings (SSSR count). The van der Waals surface area contributed by atoms with Crippen LogP contribution in [0, 0.1) is 5.82 Å². The van der Waals surface area contributed by atoms with Crippen molar-refractivity contribution in [2.24, 2.45) is 0 Å². The quantitative estimate of drug-likeness (QED) is 0.381. The molecule has 0 bridgehead atoms. The molecule has 1 aromatic heterocycles. The molecule has 0 spiro atoms. The van der Waals surface area contributed by atoms with Crippen LogP contribution in [0.3, 0.4) is 0 Å². The molecule has 4 aromatic rings. The van der Waals surface area contributed by atoms with Crippen LogP contribution in [0.15, 0.2) is 71.1 Å². The summed E-state index contributed by atoms with van der Waals surface area (Å²) in [4.78, 5) is 13.0. The Morgan fingerprint density at radius 1 is 1.03 bits per heavy atom. The number of rotatable bonds is 6. The molecular weight excluding hydrogens is 467 g/mol. The largest absolute Gasteiger partial charge is 0.455 e. The number of furan rings is 1. The van der Waals surface area contributed by atoms with Crippen molar-refractivity contribution in [3.63, 3.8) is 0 Å². The summed E-state index contributed by atoms with van der Waals surface area (Å²) in [5.41, 5.74) is 3.26. The fourth-order valence-electron chi connectivity index (χ4n) is 4.59. The standard InChI is InChI=1S/C27H25FN2O4S/c1-29-27(31)25-22-15-21(17-7-4-3-5-8-17)23(30(35(2,32)33)20-9-6-10-20)16-24(22)34-26(25)18-11-13-19(28)14-12-18/h3-5,7-8,11-16,20H,6,9-10H2,1-2H3,(H,29,31). The lowest BCUT2D eigenvalue weighted by Crippen LogP contribution is -2.44. The number of sulfonamides is 1. The number of hydrogen-bond acceptors (Lipinski definition) is 4. The molecule has 1 saturated carbocycles. The van der Waals surface area contributed by atoms with Crippen LogP contribution in [0.4, 0.5) is 10.1 Å². The summed E-state index contributed by atoms with van der Waals surface area (Å²) >= 11 is 0. The van der Waals surface area contributed by atoms with E-state index in [1.807, 2.05) is 36.4 Å². The van der Waals surface area contributed by atoms with Gasteiger partial charge in [0.1, 0.15) is 17.2 Å². The van der Waals surface area contributed by atoms with Gasteiger partial charge in [-0.25, -0.2) is 12.8 Å². The van der Waals surface area contributed by atoms with Crippen molar-refractivity contribution in [1.29, 1.82) is 0 Å². The zero-order valence-electron chi connectivity index (χ0n) is 19.4. The smallest absolute Gasteiger partial charge is 0.255 e. The molecule has 1 aliphatic carbocycles.